The molecule has 17 heteroatoms. The Hall–Kier alpha value is -6.00. The molecule has 0 aromatic carbocycles. The van der Waals surface area contributed by atoms with E-state index in [2.05, 4.69) is 76.7 Å². The molecular formula is C41H81N17. The van der Waals surface area contributed by atoms with E-state index in [4.69, 9.17) is 0 Å². The number of pyridine rings is 2. The SMILES string of the molecule is CC.CC.CC.CC.CC.CC.CC.Cc1ccccn1.Cc1cccnc1.Cc1cn[nH]n1.Cc1cn[nH]n1.Cc1cn[nH]n1.Cn1ccnn1.Cn1nccn1. The molecule has 0 unspecified atom stereocenters. The topological polar surface area (TPSA) is 212 Å². The predicted octanol–water partition coefficient (Wildman–Crippen LogP) is 9.93. The van der Waals surface area contributed by atoms with Gasteiger partial charge in [0.25, 0.3) is 0 Å². The molecule has 0 aliphatic heterocycles. The average Bonchev–Trinajstić information content (AvgIpc) is 4.18. The Labute approximate surface area is 351 Å². The summed E-state index contributed by atoms with van der Waals surface area (Å²) in [6, 6.07) is 9.80. The second kappa shape index (κ2) is 63.0. The molecule has 7 heterocycles. The van der Waals surface area contributed by atoms with E-state index >= 15 is 0 Å². The smallest absolute Gasteiger partial charge is 0.0793 e. The van der Waals surface area contributed by atoms with Crippen LogP contribution in [0.2, 0.25) is 0 Å². The van der Waals surface area contributed by atoms with Gasteiger partial charge in [-0.05, 0) is 58.4 Å². The lowest BCUT2D eigenvalue weighted by molar-refractivity contribution is 0.654. The fourth-order valence-electron chi connectivity index (χ4n) is 2.22. The summed E-state index contributed by atoms with van der Waals surface area (Å²) in [4.78, 5) is 9.36. The number of rotatable bonds is 0. The zero-order chi connectivity index (χ0) is 46.3. The zero-order valence-corrected chi connectivity index (χ0v) is 39.9. The van der Waals surface area contributed by atoms with Crippen LogP contribution < -0.4 is 0 Å². The molecule has 0 aliphatic carbocycles. The third-order valence-corrected chi connectivity index (χ3v) is 4.30. The van der Waals surface area contributed by atoms with Crippen molar-refractivity contribution in [1.29, 1.82) is 0 Å². The molecule has 0 radical (unpaired) electrons. The molecule has 7 aromatic rings. The van der Waals surface area contributed by atoms with Crippen molar-refractivity contribution in [2.45, 2.75) is 132 Å². The van der Waals surface area contributed by atoms with Gasteiger partial charge in [-0.2, -0.15) is 61.2 Å². The first-order valence-electron chi connectivity index (χ1n) is 20.1. The maximum atomic E-state index is 3.98. The van der Waals surface area contributed by atoms with E-state index in [0.717, 1.165) is 22.8 Å². The summed E-state index contributed by atoms with van der Waals surface area (Å²) in [6.45, 7) is 37.6. The Balaban J connectivity index is -0.0000000996. The lowest BCUT2D eigenvalue weighted by Crippen LogP contribution is -1.89. The van der Waals surface area contributed by atoms with E-state index in [9.17, 15) is 0 Å². The maximum absolute atomic E-state index is 3.98. The highest BCUT2D eigenvalue weighted by atomic mass is 15.4. The number of hydrogen-bond donors (Lipinski definition) is 3. The highest BCUT2D eigenvalue weighted by Crippen LogP contribution is 1.88. The number of aromatic nitrogens is 17. The van der Waals surface area contributed by atoms with E-state index in [1.807, 2.05) is 175 Å². The van der Waals surface area contributed by atoms with Crippen LogP contribution in [0.25, 0.3) is 0 Å². The first-order chi connectivity index (χ1) is 28.3. The Morgan fingerprint density at radius 3 is 1.00 bits per heavy atom. The molecule has 17 nitrogen and oxygen atoms in total. The minimum atomic E-state index is 0.926. The van der Waals surface area contributed by atoms with Gasteiger partial charge in [-0.15, -0.1) is 5.10 Å². The fraction of sp³-hybridized carbons (Fsp3) is 0.512. The van der Waals surface area contributed by atoms with Crippen LogP contribution in [-0.2, 0) is 14.1 Å². The van der Waals surface area contributed by atoms with E-state index in [1.165, 1.54) is 10.4 Å². The Bertz CT molecular complexity index is 1270. The highest BCUT2D eigenvalue weighted by molar-refractivity contribution is 5.04. The summed E-state index contributed by atoms with van der Waals surface area (Å²) in [7, 11) is 3.60. The van der Waals surface area contributed by atoms with Gasteiger partial charge in [0.1, 0.15) is 0 Å². The Morgan fingerprint density at radius 2 is 0.879 bits per heavy atom. The van der Waals surface area contributed by atoms with Gasteiger partial charge in [-0.1, -0.05) is 114 Å². The van der Waals surface area contributed by atoms with Crippen LogP contribution in [0.3, 0.4) is 0 Å². The summed E-state index contributed by atoms with van der Waals surface area (Å²) in [5, 5.41) is 43.6. The number of nitrogens with one attached hydrogen (secondary N) is 3. The van der Waals surface area contributed by atoms with Crippen molar-refractivity contribution in [2.24, 2.45) is 14.1 Å². The van der Waals surface area contributed by atoms with Crippen molar-refractivity contribution in [1.82, 2.24) is 86.2 Å². The molecule has 7 rings (SSSR count). The van der Waals surface area contributed by atoms with Crippen LogP contribution in [0.15, 0.2) is 92.3 Å². The van der Waals surface area contributed by atoms with Gasteiger partial charge in [0.2, 0.25) is 0 Å². The molecule has 0 saturated carbocycles. The van der Waals surface area contributed by atoms with Crippen molar-refractivity contribution >= 4 is 0 Å². The van der Waals surface area contributed by atoms with Gasteiger partial charge in [-0.3, -0.25) is 14.6 Å². The lowest BCUT2D eigenvalue weighted by Gasteiger charge is -1.82. The fourth-order valence-corrected chi connectivity index (χ4v) is 2.22. The largest absolute Gasteiger partial charge is 0.264 e. The Morgan fingerprint density at radius 1 is 0.448 bits per heavy atom. The number of aryl methyl sites for hydroxylation is 7. The molecule has 0 atom stereocenters. The standard InChI is InChI=1S/2C6H7N.5C3H5N3.7C2H6/c1-6-3-2-4-7-5-6;1-6-4-2-3-5-7-6;1-6-3-2-4-5-6;1-6-4-2-3-5-6;3*1-3-2-4-6-5-3;7*1-2/h2*2-5H,1H3;2*2-3H,1H3;3*2H,1H3,(H,4,5,6);7*1-2H3. The van der Waals surface area contributed by atoms with Crippen molar-refractivity contribution in [3.63, 3.8) is 0 Å². The van der Waals surface area contributed by atoms with Crippen LogP contribution >= 0.6 is 0 Å². The summed E-state index contributed by atoms with van der Waals surface area (Å²) < 4.78 is 1.64. The van der Waals surface area contributed by atoms with Gasteiger partial charge in [0.15, 0.2) is 0 Å². The minimum absolute atomic E-state index is 0.926. The van der Waals surface area contributed by atoms with Gasteiger partial charge in [-0.25, -0.2) is 0 Å². The maximum Gasteiger partial charge on any atom is 0.0793 e. The molecule has 0 amide bonds. The predicted molar refractivity (Wildman–Crippen MR) is 243 cm³/mol. The minimum Gasteiger partial charge on any atom is -0.264 e. The third kappa shape index (κ3) is 59.3. The monoisotopic (exact) mass is 812 g/mol. The normalized spacial score (nSPS) is 7.40. The van der Waals surface area contributed by atoms with E-state index in [0.29, 0.717) is 0 Å². The average molecular weight is 812 g/mol. The lowest BCUT2D eigenvalue weighted by atomic mass is 10.3. The molecule has 0 aliphatic rings. The first-order valence-corrected chi connectivity index (χ1v) is 20.1. The summed E-state index contributed by atoms with van der Waals surface area (Å²) in [5.41, 5.74) is 5.06. The summed E-state index contributed by atoms with van der Waals surface area (Å²) in [5.74, 6) is 0. The molecule has 0 saturated heterocycles. The van der Waals surface area contributed by atoms with Crippen molar-refractivity contribution in [3.8, 4) is 0 Å². The Kier molecular flexibility index (Phi) is 72.5. The zero-order valence-electron chi connectivity index (χ0n) is 39.9. The number of H-pyrrole nitrogens is 3. The van der Waals surface area contributed by atoms with Crippen LogP contribution in [0.1, 0.15) is 125 Å². The molecule has 0 fully saturated rings. The molecule has 330 valence electrons. The first kappa shape index (κ1) is 66.8. The number of hydrogen-bond acceptors (Lipinski definition) is 12. The quantitative estimate of drug-likeness (QED) is 0.131. The van der Waals surface area contributed by atoms with Gasteiger partial charge in [0, 0.05) is 44.6 Å². The molecule has 58 heavy (non-hydrogen) atoms. The van der Waals surface area contributed by atoms with Gasteiger partial charge in [0.05, 0.1) is 54.3 Å². The third-order valence-electron chi connectivity index (χ3n) is 4.30. The second-order valence-corrected chi connectivity index (χ2v) is 8.43. The van der Waals surface area contributed by atoms with Crippen LogP contribution in [-0.4, -0.2) is 86.2 Å². The van der Waals surface area contributed by atoms with Crippen molar-refractivity contribution in [2.75, 3.05) is 0 Å². The van der Waals surface area contributed by atoms with Gasteiger partial charge < -0.3 is 0 Å². The molecule has 0 spiro atoms. The number of aromatic amines is 3. The number of nitrogens with zero attached hydrogens (tertiary/aromatic N) is 14. The van der Waals surface area contributed by atoms with Gasteiger partial charge >= 0.3 is 0 Å². The van der Waals surface area contributed by atoms with Crippen molar-refractivity contribution in [3.05, 3.63) is 121 Å². The second-order valence-electron chi connectivity index (χ2n) is 8.43. The summed E-state index contributed by atoms with van der Waals surface area (Å²) >= 11 is 0. The van der Waals surface area contributed by atoms with Crippen LogP contribution in [0.4, 0.5) is 0 Å². The van der Waals surface area contributed by atoms with Crippen LogP contribution in [0.5, 0.6) is 0 Å². The highest BCUT2D eigenvalue weighted by Gasteiger charge is 1.78. The van der Waals surface area contributed by atoms with E-state index in [-0.39, 0.29) is 0 Å². The molecule has 3 N–H and O–H groups in total. The summed E-state index contributed by atoms with van der Waals surface area (Å²) in [6.07, 6.45) is 17.1. The molecule has 0 bridgehead atoms. The van der Waals surface area contributed by atoms with Crippen molar-refractivity contribution < 1.29 is 0 Å². The molecular weight excluding hydrogens is 731 g/mol. The van der Waals surface area contributed by atoms with E-state index < -0.39 is 0 Å². The van der Waals surface area contributed by atoms with Crippen LogP contribution in [0, 0.1) is 34.6 Å². The van der Waals surface area contributed by atoms with E-state index in [1.54, 1.807) is 67.5 Å². The molecule has 7 aromatic heterocycles.